The summed E-state index contributed by atoms with van der Waals surface area (Å²) in [6.07, 6.45) is 2.70. The zero-order valence-electron chi connectivity index (χ0n) is 16.8. The first-order valence-corrected chi connectivity index (χ1v) is 10.4. The molecule has 1 amide bonds. The zero-order valence-corrected chi connectivity index (χ0v) is 17.6. The van der Waals surface area contributed by atoms with Crippen LogP contribution in [0, 0.1) is 6.92 Å². The summed E-state index contributed by atoms with van der Waals surface area (Å²) >= 11 is 1.60. The summed E-state index contributed by atoms with van der Waals surface area (Å²) in [4.78, 5) is 17.0. The van der Waals surface area contributed by atoms with Crippen LogP contribution >= 0.6 is 11.3 Å². The minimum Gasteiger partial charge on any atom is -0.321 e. The maximum atomic E-state index is 13.5. The van der Waals surface area contributed by atoms with Crippen molar-refractivity contribution in [3.8, 4) is 22.4 Å². The summed E-state index contributed by atoms with van der Waals surface area (Å²) in [5, 5.41) is 14.0. The maximum absolute atomic E-state index is 13.5. The number of carbonyl (C=O) groups excluding carboxylic acids is 1. The van der Waals surface area contributed by atoms with Gasteiger partial charge >= 0.3 is 0 Å². The number of alkyl halides is 2. The van der Waals surface area contributed by atoms with Crippen molar-refractivity contribution in [2.45, 2.75) is 19.8 Å². The molecule has 0 saturated carbocycles. The van der Waals surface area contributed by atoms with Gasteiger partial charge in [0, 0.05) is 35.3 Å². The third-order valence-electron chi connectivity index (χ3n) is 4.78. The van der Waals surface area contributed by atoms with Gasteiger partial charge in [-0.2, -0.15) is 16.4 Å². The molecule has 0 bridgehead atoms. The van der Waals surface area contributed by atoms with E-state index in [-0.39, 0.29) is 11.3 Å². The largest absolute Gasteiger partial charge is 0.321 e. The van der Waals surface area contributed by atoms with Gasteiger partial charge in [0.1, 0.15) is 0 Å². The molecule has 0 atom stereocenters. The van der Waals surface area contributed by atoms with Crippen molar-refractivity contribution in [3.63, 3.8) is 0 Å². The first-order valence-electron chi connectivity index (χ1n) is 9.43. The van der Waals surface area contributed by atoms with Crippen LogP contribution in [0.2, 0.25) is 0 Å². The van der Waals surface area contributed by atoms with E-state index in [0.29, 0.717) is 5.69 Å². The Morgan fingerprint density at radius 2 is 1.94 bits per heavy atom. The van der Waals surface area contributed by atoms with Crippen molar-refractivity contribution in [2.24, 2.45) is 0 Å². The number of nitrogens with zero attached hydrogens (tertiary/aromatic N) is 3. The summed E-state index contributed by atoms with van der Waals surface area (Å²) in [5.74, 6) is -3.72. The molecular formula is C23H18F2N4OS. The smallest absolute Gasteiger partial charge is 0.276 e. The SMILES string of the molecule is Cc1ccc(NC(=O)c2cc(C(C)(F)F)cnn2)cc1-c1ccnc(-c2ccsc2)c1. The van der Waals surface area contributed by atoms with Crippen LogP contribution in [0.1, 0.15) is 28.5 Å². The topological polar surface area (TPSA) is 67.8 Å². The molecular weight excluding hydrogens is 418 g/mol. The van der Waals surface area contributed by atoms with Crippen molar-refractivity contribution in [3.05, 3.63) is 82.4 Å². The Hall–Kier alpha value is -3.52. The molecule has 0 fully saturated rings. The number of nitrogens with one attached hydrogen (secondary N) is 1. The molecule has 4 aromatic rings. The quantitative estimate of drug-likeness (QED) is 0.420. The Labute approximate surface area is 181 Å². The Kier molecular flexibility index (Phi) is 5.56. The van der Waals surface area contributed by atoms with Gasteiger partial charge < -0.3 is 5.32 Å². The van der Waals surface area contributed by atoms with Gasteiger partial charge in [0.15, 0.2) is 5.69 Å². The van der Waals surface area contributed by atoms with Crippen LogP contribution < -0.4 is 5.32 Å². The lowest BCUT2D eigenvalue weighted by molar-refractivity contribution is 0.0169. The maximum Gasteiger partial charge on any atom is 0.276 e. The molecule has 1 N–H and O–H groups in total. The molecule has 1 aromatic carbocycles. The number of halogens is 2. The minimum absolute atomic E-state index is 0.176. The van der Waals surface area contributed by atoms with Crippen LogP contribution in [0.3, 0.4) is 0 Å². The van der Waals surface area contributed by atoms with Gasteiger partial charge in [-0.15, -0.1) is 5.10 Å². The first kappa shape index (κ1) is 20.7. The van der Waals surface area contributed by atoms with E-state index in [0.717, 1.165) is 47.1 Å². The highest BCUT2D eigenvalue weighted by atomic mass is 32.1. The Balaban J connectivity index is 1.62. The molecule has 0 saturated heterocycles. The van der Waals surface area contributed by atoms with E-state index in [4.69, 9.17) is 0 Å². The molecule has 0 aliphatic heterocycles. The number of hydrogen-bond donors (Lipinski definition) is 1. The standard InChI is InChI=1S/C23H18F2N4OS/c1-14-3-4-18(28-22(30)21-10-17(12-27-29-21)23(2,24)25)11-19(14)15-5-7-26-20(9-15)16-6-8-31-13-16/h3-13H,1-2H3,(H,28,30). The molecule has 3 heterocycles. The van der Waals surface area contributed by atoms with E-state index in [1.807, 2.05) is 48.0 Å². The summed E-state index contributed by atoms with van der Waals surface area (Å²) in [6, 6.07) is 12.4. The first-order chi connectivity index (χ1) is 14.8. The molecule has 31 heavy (non-hydrogen) atoms. The third-order valence-corrected chi connectivity index (χ3v) is 5.46. The fourth-order valence-corrected chi connectivity index (χ4v) is 3.74. The van der Waals surface area contributed by atoms with E-state index in [2.05, 4.69) is 20.5 Å². The van der Waals surface area contributed by atoms with Crippen molar-refractivity contribution in [1.82, 2.24) is 15.2 Å². The van der Waals surface area contributed by atoms with Gasteiger partial charge in [-0.1, -0.05) is 6.07 Å². The fraction of sp³-hybridized carbons (Fsp3) is 0.130. The average molecular weight is 436 g/mol. The second-order valence-corrected chi connectivity index (χ2v) is 7.92. The number of anilines is 1. The van der Waals surface area contributed by atoms with Gasteiger partial charge in [-0.05, 0) is 65.4 Å². The van der Waals surface area contributed by atoms with Crippen molar-refractivity contribution >= 4 is 22.9 Å². The fourth-order valence-electron chi connectivity index (χ4n) is 3.09. The van der Waals surface area contributed by atoms with Crippen molar-refractivity contribution in [2.75, 3.05) is 5.32 Å². The predicted molar refractivity (Wildman–Crippen MR) is 117 cm³/mol. The van der Waals surface area contributed by atoms with Gasteiger partial charge in [0.25, 0.3) is 11.8 Å². The summed E-state index contributed by atoms with van der Waals surface area (Å²) < 4.78 is 27.1. The normalized spacial score (nSPS) is 11.4. The minimum atomic E-state index is -3.11. The Morgan fingerprint density at radius 1 is 1.10 bits per heavy atom. The second kappa shape index (κ2) is 8.31. The monoisotopic (exact) mass is 436 g/mol. The number of aryl methyl sites for hydroxylation is 1. The molecule has 0 aliphatic rings. The highest BCUT2D eigenvalue weighted by molar-refractivity contribution is 7.08. The van der Waals surface area contributed by atoms with E-state index in [9.17, 15) is 13.6 Å². The average Bonchev–Trinajstić information content (AvgIpc) is 3.30. The number of amides is 1. The summed E-state index contributed by atoms with van der Waals surface area (Å²) in [7, 11) is 0. The van der Waals surface area contributed by atoms with Crippen LogP contribution in [0.5, 0.6) is 0 Å². The van der Waals surface area contributed by atoms with Crippen LogP contribution in [-0.4, -0.2) is 21.1 Å². The number of carbonyl (C=O) groups is 1. The molecule has 8 heteroatoms. The van der Waals surface area contributed by atoms with E-state index < -0.39 is 11.8 Å². The van der Waals surface area contributed by atoms with Crippen molar-refractivity contribution < 1.29 is 13.6 Å². The Bertz CT molecular complexity index is 1240. The highest BCUT2D eigenvalue weighted by Crippen LogP contribution is 2.30. The van der Waals surface area contributed by atoms with E-state index in [1.165, 1.54) is 0 Å². The number of thiophene rings is 1. The molecule has 156 valence electrons. The third kappa shape index (κ3) is 4.64. The molecule has 0 spiro atoms. The molecule has 0 unspecified atom stereocenters. The lowest BCUT2D eigenvalue weighted by Crippen LogP contribution is -2.17. The lowest BCUT2D eigenvalue weighted by atomic mass is 9.99. The van der Waals surface area contributed by atoms with Gasteiger partial charge in [-0.3, -0.25) is 9.78 Å². The lowest BCUT2D eigenvalue weighted by Gasteiger charge is -2.12. The predicted octanol–water partition coefficient (Wildman–Crippen LogP) is 5.94. The number of pyridine rings is 1. The van der Waals surface area contributed by atoms with Gasteiger partial charge in [0.05, 0.1) is 11.9 Å². The van der Waals surface area contributed by atoms with E-state index in [1.54, 1.807) is 23.6 Å². The highest BCUT2D eigenvalue weighted by Gasteiger charge is 2.26. The number of benzene rings is 1. The van der Waals surface area contributed by atoms with Gasteiger partial charge in [0.2, 0.25) is 0 Å². The van der Waals surface area contributed by atoms with Crippen LogP contribution in [0.15, 0.2) is 65.6 Å². The number of rotatable bonds is 5. The van der Waals surface area contributed by atoms with Crippen LogP contribution in [0.25, 0.3) is 22.4 Å². The molecule has 5 nitrogen and oxygen atoms in total. The molecule has 4 rings (SSSR count). The number of aromatic nitrogens is 3. The summed E-state index contributed by atoms with van der Waals surface area (Å²) in [6.45, 7) is 2.72. The van der Waals surface area contributed by atoms with Crippen molar-refractivity contribution in [1.29, 1.82) is 0 Å². The van der Waals surface area contributed by atoms with Crippen LogP contribution in [0.4, 0.5) is 14.5 Å². The molecule has 3 aromatic heterocycles. The molecule has 0 radical (unpaired) electrons. The van der Waals surface area contributed by atoms with Crippen LogP contribution in [-0.2, 0) is 5.92 Å². The molecule has 0 aliphatic carbocycles. The summed E-state index contributed by atoms with van der Waals surface area (Å²) in [5.41, 5.74) is 4.79. The van der Waals surface area contributed by atoms with E-state index >= 15 is 0 Å². The Morgan fingerprint density at radius 3 is 2.68 bits per heavy atom. The zero-order chi connectivity index (χ0) is 22.0. The van der Waals surface area contributed by atoms with Gasteiger partial charge in [-0.25, -0.2) is 8.78 Å². The second-order valence-electron chi connectivity index (χ2n) is 7.14. The number of hydrogen-bond acceptors (Lipinski definition) is 5.